The molecule has 0 aliphatic heterocycles. The van der Waals surface area contributed by atoms with Gasteiger partial charge in [0, 0.05) is 37.6 Å². The van der Waals surface area contributed by atoms with Crippen molar-refractivity contribution in [2.24, 2.45) is 5.92 Å². The predicted octanol–water partition coefficient (Wildman–Crippen LogP) is 3.49. The van der Waals surface area contributed by atoms with E-state index in [1.165, 1.54) is 5.56 Å². The van der Waals surface area contributed by atoms with E-state index in [0.29, 0.717) is 5.92 Å². The maximum absolute atomic E-state index is 4.49. The molecule has 0 aliphatic carbocycles. The fourth-order valence-electron chi connectivity index (χ4n) is 2.20. The number of anilines is 1. The fraction of sp³-hybridized carbons (Fsp3) is 0.600. The second-order valence-electron chi connectivity index (χ2n) is 5.71. The first-order chi connectivity index (χ1) is 9.58. The standard InChI is InChI=1S/C15H25N5.ClH/c1-5-6-19-11-15(13(4)18-19)16-7-14-8-17-20(10-14)9-12(2)3;/h8,10-12,16H,5-7,9H2,1-4H3;1H. The molecule has 2 aromatic heterocycles. The zero-order chi connectivity index (χ0) is 14.5. The number of hydrogen-bond acceptors (Lipinski definition) is 3. The van der Waals surface area contributed by atoms with Gasteiger partial charge >= 0.3 is 0 Å². The quantitative estimate of drug-likeness (QED) is 0.851. The number of aromatic nitrogens is 4. The molecular weight excluding hydrogens is 286 g/mol. The van der Waals surface area contributed by atoms with Crippen molar-refractivity contribution in [3.8, 4) is 0 Å². The van der Waals surface area contributed by atoms with Gasteiger partial charge in [-0.25, -0.2) is 0 Å². The van der Waals surface area contributed by atoms with Gasteiger partial charge in [-0.05, 0) is 19.3 Å². The Morgan fingerprint density at radius 1 is 1.24 bits per heavy atom. The highest BCUT2D eigenvalue weighted by Gasteiger charge is 2.05. The molecule has 0 atom stereocenters. The summed E-state index contributed by atoms with van der Waals surface area (Å²) in [6, 6.07) is 0. The van der Waals surface area contributed by atoms with Gasteiger partial charge in [0.05, 0.1) is 17.6 Å². The van der Waals surface area contributed by atoms with E-state index in [4.69, 9.17) is 0 Å². The van der Waals surface area contributed by atoms with Gasteiger partial charge < -0.3 is 5.32 Å². The summed E-state index contributed by atoms with van der Waals surface area (Å²) < 4.78 is 4.01. The van der Waals surface area contributed by atoms with Crippen molar-refractivity contribution >= 4 is 18.1 Å². The van der Waals surface area contributed by atoms with Gasteiger partial charge in [0.1, 0.15) is 0 Å². The Morgan fingerprint density at radius 3 is 2.67 bits per heavy atom. The monoisotopic (exact) mass is 311 g/mol. The van der Waals surface area contributed by atoms with Gasteiger partial charge in [-0.2, -0.15) is 10.2 Å². The predicted molar refractivity (Wildman–Crippen MR) is 88.9 cm³/mol. The summed E-state index contributed by atoms with van der Waals surface area (Å²) in [5.41, 5.74) is 3.36. The minimum absolute atomic E-state index is 0. The van der Waals surface area contributed by atoms with Crippen molar-refractivity contribution < 1.29 is 0 Å². The smallest absolute Gasteiger partial charge is 0.0825 e. The lowest BCUT2D eigenvalue weighted by Crippen LogP contribution is -2.04. The minimum atomic E-state index is 0. The van der Waals surface area contributed by atoms with Crippen molar-refractivity contribution in [2.75, 3.05) is 5.32 Å². The summed E-state index contributed by atoms with van der Waals surface area (Å²) in [6.45, 7) is 11.3. The van der Waals surface area contributed by atoms with Crippen LogP contribution in [-0.2, 0) is 19.6 Å². The first-order valence-corrected chi connectivity index (χ1v) is 7.37. The largest absolute Gasteiger partial charge is 0.378 e. The Balaban J connectivity index is 0.00000220. The molecule has 0 radical (unpaired) electrons. The molecule has 21 heavy (non-hydrogen) atoms. The molecule has 0 bridgehead atoms. The van der Waals surface area contributed by atoms with Gasteiger partial charge in [-0.15, -0.1) is 12.4 Å². The average Bonchev–Trinajstić information content (AvgIpc) is 2.94. The van der Waals surface area contributed by atoms with Crippen molar-refractivity contribution in [1.29, 1.82) is 0 Å². The molecule has 2 heterocycles. The Kier molecular flexibility index (Phi) is 6.75. The van der Waals surface area contributed by atoms with Crippen LogP contribution in [0.3, 0.4) is 0 Å². The first-order valence-electron chi connectivity index (χ1n) is 7.37. The lowest BCUT2D eigenvalue weighted by atomic mass is 10.2. The lowest BCUT2D eigenvalue weighted by molar-refractivity contribution is 0.483. The van der Waals surface area contributed by atoms with Crippen molar-refractivity contribution in [3.63, 3.8) is 0 Å². The second-order valence-corrected chi connectivity index (χ2v) is 5.71. The Morgan fingerprint density at radius 2 is 2.00 bits per heavy atom. The Hall–Kier alpha value is -1.49. The molecule has 0 unspecified atom stereocenters. The van der Waals surface area contributed by atoms with Crippen molar-refractivity contribution in [1.82, 2.24) is 19.6 Å². The van der Waals surface area contributed by atoms with Gasteiger partial charge in [0.2, 0.25) is 0 Å². The molecule has 6 heteroatoms. The summed E-state index contributed by atoms with van der Waals surface area (Å²) in [7, 11) is 0. The second kappa shape index (κ2) is 8.08. The number of hydrogen-bond donors (Lipinski definition) is 1. The van der Waals surface area contributed by atoms with E-state index >= 15 is 0 Å². The number of rotatable bonds is 7. The van der Waals surface area contributed by atoms with Crippen LogP contribution in [0.1, 0.15) is 38.4 Å². The highest BCUT2D eigenvalue weighted by Crippen LogP contribution is 2.14. The van der Waals surface area contributed by atoms with Gasteiger partial charge in [-0.3, -0.25) is 9.36 Å². The van der Waals surface area contributed by atoms with Gasteiger partial charge in [-0.1, -0.05) is 20.8 Å². The van der Waals surface area contributed by atoms with Crippen LogP contribution in [0.15, 0.2) is 18.6 Å². The third-order valence-corrected chi connectivity index (χ3v) is 3.12. The van der Waals surface area contributed by atoms with E-state index in [2.05, 4.69) is 48.7 Å². The third kappa shape index (κ3) is 5.08. The lowest BCUT2D eigenvalue weighted by Gasteiger charge is -2.04. The molecule has 0 aromatic carbocycles. The topological polar surface area (TPSA) is 47.7 Å². The molecule has 0 saturated heterocycles. The molecule has 0 saturated carbocycles. The zero-order valence-electron chi connectivity index (χ0n) is 13.3. The van der Waals surface area contributed by atoms with E-state index in [9.17, 15) is 0 Å². The highest BCUT2D eigenvalue weighted by atomic mass is 35.5. The molecule has 0 amide bonds. The zero-order valence-corrected chi connectivity index (χ0v) is 14.2. The molecule has 1 N–H and O–H groups in total. The highest BCUT2D eigenvalue weighted by molar-refractivity contribution is 5.85. The van der Waals surface area contributed by atoms with Crippen LogP contribution in [0.25, 0.3) is 0 Å². The third-order valence-electron chi connectivity index (χ3n) is 3.12. The summed E-state index contributed by atoms with van der Waals surface area (Å²) in [4.78, 5) is 0. The molecule has 5 nitrogen and oxygen atoms in total. The molecule has 0 fully saturated rings. The number of nitrogens with zero attached hydrogens (tertiary/aromatic N) is 4. The maximum atomic E-state index is 4.49. The van der Waals surface area contributed by atoms with Crippen molar-refractivity contribution in [2.45, 2.75) is 53.8 Å². The van der Waals surface area contributed by atoms with E-state index in [1.54, 1.807) is 0 Å². The van der Waals surface area contributed by atoms with Crippen LogP contribution in [0.5, 0.6) is 0 Å². The number of aryl methyl sites for hydroxylation is 2. The van der Waals surface area contributed by atoms with E-state index in [0.717, 1.165) is 37.4 Å². The molecule has 0 aliphatic rings. The van der Waals surface area contributed by atoms with Crippen LogP contribution >= 0.6 is 12.4 Å². The number of nitrogens with one attached hydrogen (secondary N) is 1. The van der Waals surface area contributed by atoms with E-state index in [-0.39, 0.29) is 12.4 Å². The van der Waals surface area contributed by atoms with Gasteiger partial charge in [0.15, 0.2) is 0 Å². The van der Waals surface area contributed by atoms with Crippen LogP contribution < -0.4 is 5.32 Å². The molecular formula is C15H26ClN5. The maximum Gasteiger partial charge on any atom is 0.0825 e. The van der Waals surface area contributed by atoms with Crippen LogP contribution in [-0.4, -0.2) is 19.6 Å². The van der Waals surface area contributed by atoms with E-state index in [1.807, 2.05) is 22.5 Å². The summed E-state index contributed by atoms with van der Waals surface area (Å²) in [5, 5.41) is 12.3. The van der Waals surface area contributed by atoms with Crippen LogP contribution in [0.2, 0.25) is 0 Å². The minimum Gasteiger partial charge on any atom is -0.378 e. The SMILES string of the molecule is CCCn1cc(NCc2cnn(CC(C)C)c2)c(C)n1.Cl. The molecule has 2 rings (SSSR count). The van der Waals surface area contributed by atoms with Gasteiger partial charge in [0.25, 0.3) is 0 Å². The Bertz CT molecular complexity index is 544. The fourth-order valence-corrected chi connectivity index (χ4v) is 2.20. The summed E-state index contributed by atoms with van der Waals surface area (Å²) in [5.74, 6) is 0.616. The summed E-state index contributed by atoms with van der Waals surface area (Å²) in [6.07, 6.45) is 7.22. The normalized spacial score (nSPS) is 10.7. The van der Waals surface area contributed by atoms with Crippen LogP contribution in [0.4, 0.5) is 5.69 Å². The Labute approximate surface area is 133 Å². The summed E-state index contributed by atoms with van der Waals surface area (Å²) >= 11 is 0. The first kappa shape index (κ1) is 17.6. The number of halogens is 1. The average molecular weight is 312 g/mol. The molecule has 118 valence electrons. The van der Waals surface area contributed by atoms with Crippen molar-refractivity contribution in [3.05, 3.63) is 29.8 Å². The van der Waals surface area contributed by atoms with E-state index < -0.39 is 0 Å². The molecule has 2 aromatic rings. The molecule has 0 spiro atoms. The van der Waals surface area contributed by atoms with Crippen LogP contribution in [0, 0.1) is 12.8 Å².